The number of rotatable bonds is 5. The summed E-state index contributed by atoms with van der Waals surface area (Å²) >= 11 is 1.62. The second-order valence-electron chi connectivity index (χ2n) is 4.11. The number of nitrogens with one attached hydrogen (secondary N) is 2. The lowest BCUT2D eigenvalue weighted by atomic mass is 10.2. The van der Waals surface area contributed by atoms with Crippen LogP contribution in [0.1, 0.15) is 21.1 Å². The molecule has 0 radical (unpaired) electrons. The van der Waals surface area contributed by atoms with Crippen LogP contribution in [-0.4, -0.2) is 17.4 Å². The molecule has 0 aliphatic heterocycles. The average molecular weight is 276 g/mol. The Morgan fingerprint density at radius 2 is 2.11 bits per heavy atom. The van der Waals surface area contributed by atoms with Crippen LogP contribution >= 0.6 is 11.3 Å². The Morgan fingerprint density at radius 1 is 1.37 bits per heavy atom. The van der Waals surface area contributed by atoms with Crippen molar-refractivity contribution < 1.29 is 4.79 Å². The lowest BCUT2D eigenvalue weighted by molar-refractivity contribution is 0.0954. The highest BCUT2D eigenvalue weighted by atomic mass is 32.1. The minimum Gasteiger partial charge on any atom is -0.352 e. The van der Waals surface area contributed by atoms with E-state index in [0.29, 0.717) is 12.1 Å². The van der Waals surface area contributed by atoms with Crippen LogP contribution < -0.4 is 16.6 Å². The molecule has 1 aromatic carbocycles. The zero-order valence-corrected chi connectivity index (χ0v) is 11.5. The van der Waals surface area contributed by atoms with Gasteiger partial charge in [-0.05, 0) is 31.2 Å². The number of aromatic nitrogens is 1. The molecule has 4 N–H and O–H groups in total. The standard InChI is InChI=1S/C13H16N4OS/c1-9-8-19-12(16-9)6-7-15-13(18)10-2-4-11(17-14)5-3-10/h2-5,8,17H,6-7,14H2,1H3,(H,15,18). The Bertz CT molecular complexity index is 550. The molecule has 0 saturated heterocycles. The molecule has 0 unspecified atom stereocenters. The molecule has 0 saturated carbocycles. The topological polar surface area (TPSA) is 80.0 Å². The van der Waals surface area contributed by atoms with Crippen molar-refractivity contribution in [3.63, 3.8) is 0 Å². The number of thiazole rings is 1. The van der Waals surface area contributed by atoms with Crippen molar-refractivity contribution in [2.45, 2.75) is 13.3 Å². The predicted molar refractivity (Wildman–Crippen MR) is 77.1 cm³/mol. The van der Waals surface area contributed by atoms with E-state index >= 15 is 0 Å². The maximum Gasteiger partial charge on any atom is 0.251 e. The number of benzene rings is 1. The van der Waals surface area contributed by atoms with Crippen LogP contribution in [0.25, 0.3) is 0 Å². The maximum absolute atomic E-state index is 11.9. The highest BCUT2D eigenvalue weighted by molar-refractivity contribution is 7.09. The van der Waals surface area contributed by atoms with Crippen molar-refractivity contribution in [1.29, 1.82) is 0 Å². The molecule has 1 amide bonds. The quantitative estimate of drug-likeness (QED) is 0.573. The van der Waals surface area contributed by atoms with E-state index in [1.807, 2.05) is 12.3 Å². The summed E-state index contributed by atoms with van der Waals surface area (Å²) in [4.78, 5) is 16.2. The van der Waals surface area contributed by atoms with Crippen LogP contribution in [0.2, 0.25) is 0 Å². The molecule has 0 atom stereocenters. The molecule has 5 nitrogen and oxygen atoms in total. The first-order valence-corrected chi connectivity index (χ1v) is 6.83. The van der Waals surface area contributed by atoms with Gasteiger partial charge in [-0.2, -0.15) is 0 Å². The molecule has 0 aliphatic carbocycles. The molecule has 2 rings (SSSR count). The van der Waals surface area contributed by atoms with Gasteiger partial charge < -0.3 is 10.7 Å². The molecule has 19 heavy (non-hydrogen) atoms. The first kappa shape index (κ1) is 13.5. The van der Waals surface area contributed by atoms with Gasteiger partial charge in [0.1, 0.15) is 0 Å². The van der Waals surface area contributed by atoms with Crippen molar-refractivity contribution in [3.8, 4) is 0 Å². The van der Waals surface area contributed by atoms with Gasteiger partial charge in [0.25, 0.3) is 5.91 Å². The van der Waals surface area contributed by atoms with Crippen LogP contribution in [0.4, 0.5) is 5.69 Å². The minimum atomic E-state index is -0.0863. The smallest absolute Gasteiger partial charge is 0.251 e. The van der Waals surface area contributed by atoms with Gasteiger partial charge in [0.05, 0.1) is 5.01 Å². The highest BCUT2D eigenvalue weighted by Crippen LogP contribution is 2.09. The zero-order chi connectivity index (χ0) is 13.7. The molecular weight excluding hydrogens is 260 g/mol. The van der Waals surface area contributed by atoms with E-state index in [4.69, 9.17) is 5.84 Å². The third-order valence-electron chi connectivity index (χ3n) is 2.60. The first-order chi connectivity index (χ1) is 9.19. The zero-order valence-electron chi connectivity index (χ0n) is 10.6. The summed E-state index contributed by atoms with van der Waals surface area (Å²) in [6.45, 7) is 2.55. The molecule has 0 spiro atoms. The van der Waals surface area contributed by atoms with Crippen molar-refractivity contribution in [3.05, 3.63) is 45.9 Å². The first-order valence-electron chi connectivity index (χ1n) is 5.95. The fraction of sp³-hybridized carbons (Fsp3) is 0.231. The lowest BCUT2D eigenvalue weighted by Gasteiger charge is -2.05. The Morgan fingerprint density at radius 3 is 2.68 bits per heavy atom. The molecule has 6 heteroatoms. The monoisotopic (exact) mass is 276 g/mol. The number of nitrogens with two attached hydrogens (primary N) is 1. The molecule has 0 fully saturated rings. The number of hydrogen-bond donors (Lipinski definition) is 3. The molecular formula is C13H16N4OS. The number of hydrazine groups is 1. The van der Waals surface area contributed by atoms with E-state index in [-0.39, 0.29) is 5.91 Å². The third kappa shape index (κ3) is 3.77. The van der Waals surface area contributed by atoms with Gasteiger partial charge in [0.15, 0.2) is 0 Å². The third-order valence-corrected chi connectivity index (χ3v) is 3.63. The number of aryl methyl sites for hydroxylation is 1. The second kappa shape index (κ2) is 6.31. The summed E-state index contributed by atoms with van der Waals surface area (Å²) in [5, 5.41) is 5.92. The Labute approximate surface area is 115 Å². The second-order valence-corrected chi connectivity index (χ2v) is 5.05. The van der Waals surface area contributed by atoms with E-state index in [2.05, 4.69) is 15.7 Å². The van der Waals surface area contributed by atoms with Gasteiger partial charge in [0, 0.05) is 35.3 Å². The highest BCUT2D eigenvalue weighted by Gasteiger charge is 2.05. The van der Waals surface area contributed by atoms with Gasteiger partial charge in [-0.3, -0.25) is 10.6 Å². The Kier molecular flexibility index (Phi) is 4.48. The van der Waals surface area contributed by atoms with Crippen LogP contribution in [0.3, 0.4) is 0 Å². The fourth-order valence-corrected chi connectivity index (χ4v) is 2.40. The number of hydrogen-bond acceptors (Lipinski definition) is 5. The Hall–Kier alpha value is -1.92. The van der Waals surface area contributed by atoms with Crippen LogP contribution in [-0.2, 0) is 6.42 Å². The SMILES string of the molecule is Cc1csc(CCNC(=O)c2ccc(NN)cc2)n1. The normalized spacial score (nSPS) is 10.2. The molecule has 100 valence electrons. The summed E-state index contributed by atoms with van der Waals surface area (Å²) in [7, 11) is 0. The number of nitrogens with zero attached hydrogens (tertiary/aromatic N) is 1. The summed E-state index contributed by atoms with van der Waals surface area (Å²) in [6, 6.07) is 6.99. The van der Waals surface area contributed by atoms with Crippen LogP contribution in [0.5, 0.6) is 0 Å². The van der Waals surface area contributed by atoms with Crippen molar-refractivity contribution in [2.24, 2.45) is 5.84 Å². The largest absolute Gasteiger partial charge is 0.352 e. The maximum atomic E-state index is 11.9. The molecule has 1 aromatic heterocycles. The fourth-order valence-electron chi connectivity index (χ4n) is 1.62. The summed E-state index contributed by atoms with van der Waals surface area (Å²) in [5.41, 5.74) is 4.94. The predicted octanol–water partition coefficient (Wildman–Crippen LogP) is 1.71. The molecule has 0 bridgehead atoms. The van der Waals surface area contributed by atoms with Crippen LogP contribution in [0, 0.1) is 6.92 Å². The van der Waals surface area contributed by atoms with Gasteiger partial charge >= 0.3 is 0 Å². The van der Waals surface area contributed by atoms with E-state index in [1.165, 1.54) is 0 Å². The number of anilines is 1. The van der Waals surface area contributed by atoms with Crippen molar-refractivity contribution in [1.82, 2.24) is 10.3 Å². The average Bonchev–Trinajstić information content (AvgIpc) is 2.84. The van der Waals surface area contributed by atoms with Gasteiger partial charge in [-0.25, -0.2) is 4.98 Å². The minimum absolute atomic E-state index is 0.0863. The van der Waals surface area contributed by atoms with Crippen LogP contribution in [0.15, 0.2) is 29.6 Å². The molecule has 0 aliphatic rings. The summed E-state index contributed by atoms with van der Waals surface area (Å²) in [5.74, 6) is 5.18. The number of carbonyl (C=O) groups excluding carboxylic acids is 1. The lowest BCUT2D eigenvalue weighted by Crippen LogP contribution is -2.25. The van der Waals surface area contributed by atoms with Gasteiger partial charge in [-0.15, -0.1) is 11.3 Å². The van der Waals surface area contributed by atoms with E-state index in [9.17, 15) is 4.79 Å². The summed E-state index contributed by atoms with van der Waals surface area (Å²) in [6.07, 6.45) is 0.757. The van der Waals surface area contributed by atoms with E-state index in [0.717, 1.165) is 22.8 Å². The number of nitrogen functional groups attached to an aromatic ring is 1. The number of amides is 1. The van der Waals surface area contributed by atoms with Crippen molar-refractivity contribution in [2.75, 3.05) is 12.0 Å². The van der Waals surface area contributed by atoms with Crippen molar-refractivity contribution >= 4 is 22.9 Å². The number of carbonyl (C=O) groups is 1. The van der Waals surface area contributed by atoms with E-state index < -0.39 is 0 Å². The molecule has 1 heterocycles. The van der Waals surface area contributed by atoms with Gasteiger partial charge in [0.2, 0.25) is 0 Å². The van der Waals surface area contributed by atoms with Gasteiger partial charge in [-0.1, -0.05) is 0 Å². The van der Waals surface area contributed by atoms with E-state index in [1.54, 1.807) is 35.6 Å². The molecule has 2 aromatic rings. The Balaban J connectivity index is 1.83. The summed E-state index contributed by atoms with van der Waals surface area (Å²) < 4.78 is 0.